The molecule has 1 saturated heterocycles. The van der Waals surface area contributed by atoms with Crippen LogP contribution in [0.25, 0.3) is 0 Å². The number of methoxy groups -OCH3 is 1. The Labute approximate surface area is 187 Å². The molecule has 0 bridgehead atoms. The maximum absolute atomic E-state index is 12.4. The van der Waals surface area contributed by atoms with E-state index in [0.717, 1.165) is 10.2 Å². The van der Waals surface area contributed by atoms with Gasteiger partial charge in [-0.15, -0.1) is 0 Å². The average Bonchev–Trinajstić information content (AvgIpc) is 3.19. The van der Waals surface area contributed by atoms with Gasteiger partial charge in [0.05, 0.1) is 42.1 Å². The average molecular weight is 510 g/mol. The minimum absolute atomic E-state index is 0.0263. The molecule has 0 spiro atoms. The number of carbonyl (C=O) groups excluding carboxylic acids is 1. The third-order valence-electron chi connectivity index (χ3n) is 4.91. The Hall–Kier alpha value is -2.04. The van der Waals surface area contributed by atoms with E-state index < -0.39 is 9.84 Å². The second-order valence-corrected chi connectivity index (χ2v) is 11.0. The molecule has 2 aromatic carbocycles. The van der Waals surface area contributed by atoms with Crippen molar-refractivity contribution in [2.45, 2.75) is 12.1 Å². The molecule has 0 unspecified atom stereocenters. The molecule has 158 valence electrons. The predicted molar refractivity (Wildman–Crippen MR) is 124 cm³/mol. The second-order valence-electron chi connectivity index (χ2n) is 7.01. The molecule has 2 aromatic rings. The molecule has 0 radical (unpaired) electrons. The SMILES string of the molecule is COc1ccccc1N1C(SCC(=O)Nc2ccc(Br)cc2)=N[C@@H]2CS(=O)(=O)C[C@@H]21. The zero-order valence-electron chi connectivity index (χ0n) is 16.1. The van der Waals surface area contributed by atoms with Crippen molar-refractivity contribution in [1.29, 1.82) is 0 Å². The fraction of sp³-hybridized carbons (Fsp3) is 0.300. The number of sulfone groups is 1. The van der Waals surface area contributed by atoms with Gasteiger partial charge in [0, 0.05) is 10.2 Å². The molecule has 2 atom stereocenters. The smallest absolute Gasteiger partial charge is 0.234 e. The summed E-state index contributed by atoms with van der Waals surface area (Å²) in [6, 6.07) is 14.2. The van der Waals surface area contributed by atoms with Gasteiger partial charge in [-0.25, -0.2) is 8.42 Å². The van der Waals surface area contributed by atoms with E-state index in [9.17, 15) is 13.2 Å². The van der Waals surface area contributed by atoms with Crippen LogP contribution in [0.4, 0.5) is 11.4 Å². The molecular weight excluding hydrogens is 490 g/mol. The highest BCUT2D eigenvalue weighted by atomic mass is 79.9. The highest BCUT2D eigenvalue weighted by molar-refractivity contribution is 9.10. The number of rotatable bonds is 5. The second kappa shape index (κ2) is 8.60. The Kier molecular flexibility index (Phi) is 6.08. The minimum atomic E-state index is -3.15. The highest BCUT2D eigenvalue weighted by Gasteiger charge is 2.47. The summed E-state index contributed by atoms with van der Waals surface area (Å²) < 4.78 is 30.8. The fourth-order valence-electron chi connectivity index (χ4n) is 3.60. The molecule has 4 rings (SSSR count). The number of amides is 1. The number of amidine groups is 1. The van der Waals surface area contributed by atoms with Gasteiger partial charge >= 0.3 is 0 Å². The molecule has 1 amide bonds. The number of fused-ring (bicyclic) bond motifs is 1. The summed E-state index contributed by atoms with van der Waals surface area (Å²) in [6.45, 7) is 0. The third kappa shape index (κ3) is 4.50. The van der Waals surface area contributed by atoms with Crippen LogP contribution in [0.3, 0.4) is 0 Å². The van der Waals surface area contributed by atoms with E-state index >= 15 is 0 Å². The molecule has 0 aromatic heterocycles. The van der Waals surface area contributed by atoms with Crippen LogP contribution in [0.5, 0.6) is 5.75 Å². The summed E-state index contributed by atoms with van der Waals surface area (Å²) in [5, 5.41) is 3.49. The van der Waals surface area contributed by atoms with Crippen LogP contribution in [0.15, 0.2) is 58.0 Å². The number of hydrogen-bond acceptors (Lipinski definition) is 7. The lowest BCUT2D eigenvalue weighted by Crippen LogP contribution is -2.39. The standard InChI is InChI=1S/C20H20BrN3O4S2/c1-28-18-5-3-2-4-16(18)24-17-12-30(26,27)11-15(17)23-20(24)29-10-19(25)22-14-8-6-13(21)7-9-14/h2-9,15,17H,10-12H2,1H3,(H,22,25)/t15-,17+/m1/s1. The molecular formula is C20H20BrN3O4S2. The molecule has 0 aliphatic carbocycles. The summed E-state index contributed by atoms with van der Waals surface area (Å²) in [6.07, 6.45) is 0. The Morgan fingerprint density at radius 2 is 1.97 bits per heavy atom. The third-order valence-corrected chi connectivity index (χ3v) is 8.11. The van der Waals surface area contributed by atoms with Gasteiger partial charge in [-0.2, -0.15) is 0 Å². The lowest BCUT2D eigenvalue weighted by atomic mass is 10.1. The number of para-hydroxylation sites is 2. The first-order valence-electron chi connectivity index (χ1n) is 9.25. The fourth-order valence-corrected chi connectivity index (χ4v) is 6.63. The van der Waals surface area contributed by atoms with Gasteiger partial charge in [0.15, 0.2) is 15.0 Å². The first-order chi connectivity index (χ1) is 14.4. The van der Waals surface area contributed by atoms with Crippen molar-refractivity contribution in [3.05, 3.63) is 53.0 Å². The summed E-state index contributed by atoms with van der Waals surface area (Å²) in [5.74, 6) is 0.698. The highest BCUT2D eigenvalue weighted by Crippen LogP contribution is 2.39. The number of ether oxygens (including phenoxy) is 1. The van der Waals surface area contributed by atoms with Crippen LogP contribution in [0.1, 0.15) is 0 Å². The minimum Gasteiger partial charge on any atom is -0.495 e. The molecule has 0 saturated carbocycles. The monoisotopic (exact) mass is 509 g/mol. The molecule has 2 aliphatic rings. The van der Waals surface area contributed by atoms with Crippen LogP contribution >= 0.6 is 27.7 Å². The van der Waals surface area contributed by atoms with E-state index in [-0.39, 0.29) is 35.2 Å². The van der Waals surface area contributed by atoms with Crippen molar-refractivity contribution in [1.82, 2.24) is 0 Å². The molecule has 2 heterocycles. The number of aliphatic imine (C=N–C) groups is 1. The molecule has 30 heavy (non-hydrogen) atoms. The van der Waals surface area contributed by atoms with Crippen molar-refractivity contribution in [3.63, 3.8) is 0 Å². The summed E-state index contributed by atoms with van der Waals surface area (Å²) in [4.78, 5) is 19.0. The van der Waals surface area contributed by atoms with Crippen molar-refractivity contribution < 1.29 is 17.9 Å². The summed E-state index contributed by atoms with van der Waals surface area (Å²) in [7, 11) is -1.57. The number of thioether (sulfide) groups is 1. The predicted octanol–water partition coefficient (Wildman–Crippen LogP) is 3.17. The van der Waals surface area contributed by atoms with E-state index in [1.807, 2.05) is 53.4 Å². The zero-order chi connectivity index (χ0) is 21.3. The maximum Gasteiger partial charge on any atom is 0.234 e. The quantitative estimate of drug-likeness (QED) is 0.665. The lowest BCUT2D eigenvalue weighted by Gasteiger charge is -2.27. The maximum atomic E-state index is 12.4. The van der Waals surface area contributed by atoms with Crippen LogP contribution in [0, 0.1) is 0 Å². The van der Waals surface area contributed by atoms with Crippen LogP contribution < -0.4 is 15.0 Å². The van der Waals surface area contributed by atoms with Crippen molar-refractivity contribution >= 4 is 60.0 Å². The van der Waals surface area contributed by atoms with Gasteiger partial charge in [0.25, 0.3) is 0 Å². The Morgan fingerprint density at radius 3 is 2.70 bits per heavy atom. The summed E-state index contributed by atoms with van der Waals surface area (Å²) >= 11 is 4.67. The van der Waals surface area contributed by atoms with Gasteiger partial charge in [-0.1, -0.05) is 39.8 Å². The van der Waals surface area contributed by atoms with Crippen LogP contribution in [0.2, 0.25) is 0 Å². The number of anilines is 2. The van der Waals surface area contributed by atoms with Gasteiger partial charge in [-0.05, 0) is 36.4 Å². The Morgan fingerprint density at radius 1 is 1.23 bits per heavy atom. The van der Waals surface area contributed by atoms with E-state index in [1.54, 1.807) is 7.11 Å². The lowest BCUT2D eigenvalue weighted by molar-refractivity contribution is -0.113. The zero-order valence-corrected chi connectivity index (χ0v) is 19.3. The normalized spacial score (nSPS) is 21.8. The van der Waals surface area contributed by atoms with Gasteiger partial charge in [0.1, 0.15) is 5.75 Å². The number of hydrogen-bond donors (Lipinski definition) is 1. The Balaban J connectivity index is 1.53. The molecule has 10 heteroatoms. The Bertz CT molecular complexity index is 1090. The number of nitrogens with one attached hydrogen (secondary N) is 1. The molecule has 2 aliphatic heterocycles. The number of carbonyl (C=O) groups is 1. The number of halogens is 1. The van der Waals surface area contributed by atoms with E-state index in [2.05, 4.69) is 26.2 Å². The summed E-state index contributed by atoms with van der Waals surface area (Å²) in [5.41, 5.74) is 1.46. The molecule has 7 nitrogen and oxygen atoms in total. The first-order valence-corrected chi connectivity index (χ1v) is 12.8. The van der Waals surface area contributed by atoms with E-state index in [0.29, 0.717) is 16.6 Å². The van der Waals surface area contributed by atoms with Crippen LogP contribution in [-0.4, -0.2) is 55.9 Å². The van der Waals surface area contributed by atoms with E-state index in [4.69, 9.17) is 4.74 Å². The topological polar surface area (TPSA) is 88.1 Å². The van der Waals surface area contributed by atoms with Crippen LogP contribution in [-0.2, 0) is 14.6 Å². The van der Waals surface area contributed by atoms with Crippen molar-refractivity contribution in [2.24, 2.45) is 4.99 Å². The van der Waals surface area contributed by atoms with Gasteiger partial charge in [0.2, 0.25) is 5.91 Å². The number of benzene rings is 2. The van der Waals surface area contributed by atoms with Crippen molar-refractivity contribution in [3.8, 4) is 5.75 Å². The van der Waals surface area contributed by atoms with Crippen molar-refractivity contribution in [2.75, 3.05) is 34.6 Å². The van der Waals surface area contributed by atoms with Gasteiger partial charge in [-0.3, -0.25) is 9.79 Å². The largest absolute Gasteiger partial charge is 0.495 e. The molecule has 1 fully saturated rings. The van der Waals surface area contributed by atoms with E-state index in [1.165, 1.54) is 11.8 Å². The number of nitrogens with zero attached hydrogens (tertiary/aromatic N) is 2. The van der Waals surface area contributed by atoms with Gasteiger partial charge < -0.3 is 15.0 Å². The first kappa shape index (κ1) is 21.2. The molecule has 1 N–H and O–H groups in total.